The Morgan fingerprint density at radius 2 is 2.07 bits per heavy atom. The van der Waals surface area contributed by atoms with Gasteiger partial charge in [-0.25, -0.2) is 0 Å². The first-order chi connectivity index (χ1) is 6.59. The molecule has 0 saturated heterocycles. The van der Waals surface area contributed by atoms with Gasteiger partial charge in [0, 0.05) is 10.5 Å². The van der Waals surface area contributed by atoms with Gasteiger partial charge in [-0.1, -0.05) is 41.9 Å². The summed E-state index contributed by atoms with van der Waals surface area (Å²) in [6.07, 6.45) is 1.09. The van der Waals surface area contributed by atoms with E-state index in [2.05, 4.69) is 60.2 Å². The van der Waals surface area contributed by atoms with E-state index >= 15 is 0 Å². The molecule has 0 aliphatic heterocycles. The zero-order chi connectivity index (χ0) is 10.6. The summed E-state index contributed by atoms with van der Waals surface area (Å²) in [5, 5.41) is 3.41. The molecule has 0 bridgehead atoms. The molecule has 0 aromatic heterocycles. The van der Waals surface area contributed by atoms with Crippen LogP contribution in [-0.4, -0.2) is 12.6 Å². The summed E-state index contributed by atoms with van der Waals surface area (Å²) in [6.45, 7) is 7.50. The molecule has 0 fully saturated rings. The lowest BCUT2D eigenvalue weighted by molar-refractivity contribution is 0.590. The predicted octanol–water partition coefficient (Wildman–Crippen LogP) is 3.30. The van der Waals surface area contributed by atoms with Crippen LogP contribution in [0.25, 0.3) is 0 Å². The van der Waals surface area contributed by atoms with E-state index in [0.29, 0.717) is 6.04 Å². The van der Waals surface area contributed by atoms with E-state index in [1.807, 2.05) is 0 Å². The SMILES string of the molecule is Cc1ccc(CCNC(C)C)cc1Br. The van der Waals surface area contributed by atoms with Crippen LogP contribution in [0.2, 0.25) is 0 Å². The smallest absolute Gasteiger partial charge is 0.0207 e. The summed E-state index contributed by atoms with van der Waals surface area (Å²) in [4.78, 5) is 0. The second-order valence-electron chi connectivity index (χ2n) is 3.94. The molecule has 1 nitrogen and oxygen atoms in total. The Labute approximate surface area is 95.0 Å². The van der Waals surface area contributed by atoms with Crippen LogP contribution in [0, 0.1) is 6.92 Å². The molecule has 1 rings (SSSR count). The standard InChI is InChI=1S/C12H18BrN/c1-9(2)14-7-6-11-5-4-10(3)12(13)8-11/h4-5,8-9,14H,6-7H2,1-3H3. The molecule has 78 valence electrons. The van der Waals surface area contributed by atoms with Crippen LogP contribution in [0.4, 0.5) is 0 Å². The molecule has 14 heavy (non-hydrogen) atoms. The van der Waals surface area contributed by atoms with Crippen LogP contribution < -0.4 is 5.32 Å². The fourth-order valence-corrected chi connectivity index (χ4v) is 1.72. The molecule has 0 aliphatic rings. The van der Waals surface area contributed by atoms with Gasteiger partial charge in [-0.2, -0.15) is 0 Å². The monoisotopic (exact) mass is 255 g/mol. The molecule has 0 saturated carbocycles. The molecule has 2 heteroatoms. The highest BCUT2D eigenvalue weighted by atomic mass is 79.9. The Balaban J connectivity index is 2.47. The number of nitrogens with one attached hydrogen (secondary N) is 1. The normalized spacial score (nSPS) is 10.9. The van der Waals surface area contributed by atoms with Gasteiger partial charge >= 0.3 is 0 Å². The van der Waals surface area contributed by atoms with Crippen LogP contribution >= 0.6 is 15.9 Å². The average Bonchev–Trinajstić information content (AvgIpc) is 2.10. The molecule has 0 amide bonds. The average molecular weight is 256 g/mol. The minimum atomic E-state index is 0.573. The van der Waals surface area contributed by atoms with Gasteiger partial charge in [0.2, 0.25) is 0 Å². The zero-order valence-corrected chi connectivity index (χ0v) is 10.7. The number of rotatable bonds is 4. The van der Waals surface area contributed by atoms with Crippen LogP contribution in [0.3, 0.4) is 0 Å². The lowest BCUT2D eigenvalue weighted by Crippen LogP contribution is -2.24. The minimum Gasteiger partial charge on any atom is -0.314 e. The van der Waals surface area contributed by atoms with Crippen molar-refractivity contribution in [3.05, 3.63) is 33.8 Å². The first-order valence-electron chi connectivity index (χ1n) is 5.08. The quantitative estimate of drug-likeness (QED) is 0.871. The number of benzene rings is 1. The second kappa shape index (κ2) is 5.52. The minimum absolute atomic E-state index is 0.573. The van der Waals surface area contributed by atoms with E-state index in [1.54, 1.807) is 0 Å². The van der Waals surface area contributed by atoms with Crippen LogP contribution in [-0.2, 0) is 6.42 Å². The van der Waals surface area contributed by atoms with E-state index in [4.69, 9.17) is 0 Å². The van der Waals surface area contributed by atoms with Gasteiger partial charge < -0.3 is 5.32 Å². The topological polar surface area (TPSA) is 12.0 Å². The van der Waals surface area contributed by atoms with Gasteiger partial charge in [-0.05, 0) is 37.1 Å². The molecule has 0 heterocycles. The second-order valence-corrected chi connectivity index (χ2v) is 4.80. The highest BCUT2D eigenvalue weighted by Crippen LogP contribution is 2.17. The zero-order valence-electron chi connectivity index (χ0n) is 9.10. The van der Waals surface area contributed by atoms with Crippen molar-refractivity contribution >= 4 is 15.9 Å². The van der Waals surface area contributed by atoms with Crippen LogP contribution in [0.1, 0.15) is 25.0 Å². The van der Waals surface area contributed by atoms with Gasteiger partial charge in [0.15, 0.2) is 0 Å². The first kappa shape index (κ1) is 11.7. The fraction of sp³-hybridized carbons (Fsp3) is 0.500. The van der Waals surface area contributed by atoms with Crippen molar-refractivity contribution in [1.82, 2.24) is 5.32 Å². The Hall–Kier alpha value is -0.340. The summed E-state index contributed by atoms with van der Waals surface area (Å²) in [7, 11) is 0. The van der Waals surface area contributed by atoms with Gasteiger partial charge in [0.05, 0.1) is 0 Å². The Morgan fingerprint density at radius 3 is 2.64 bits per heavy atom. The lowest BCUT2D eigenvalue weighted by Gasteiger charge is -2.08. The van der Waals surface area contributed by atoms with Crippen molar-refractivity contribution in [2.45, 2.75) is 33.2 Å². The van der Waals surface area contributed by atoms with E-state index in [-0.39, 0.29) is 0 Å². The van der Waals surface area contributed by atoms with Crippen molar-refractivity contribution in [2.75, 3.05) is 6.54 Å². The molecule has 0 atom stereocenters. The number of aryl methyl sites for hydroxylation is 1. The Kier molecular flexibility index (Phi) is 4.63. The predicted molar refractivity (Wildman–Crippen MR) is 65.7 cm³/mol. The van der Waals surface area contributed by atoms with Gasteiger partial charge in [-0.15, -0.1) is 0 Å². The summed E-state index contributed by atoms with van der Waals surface area (Å²) in [5.41, 5.74) is 2.68. The molecule has 1 N–H and O–H groups in total. The van der Waals surface area contributed by atoms with Gasteiger partial charge in [0.1, 0.15) is 0 Å². The molecular formula is C12H18BrN. The Bertz CT molecular complexity index is 294. The summed E-state index contributed by atoms with van der Waals surface area (Å²) in [5.74, 6) is 0. The number of halogens is 1. The van der Waals surface area contributed by atoms with E-state index in [9.17, 15) is 0 Å². The largest absolute Gasteiger partial charge is 0.314 e. The van der Waals surface area contributed by atoms with Gasteiger partial charge in [-0.3, -0.25) is 0 Å². The van der Waals surface area contributed by atoms with E-state index < -0.39 is 0 Å². The third-order valence-electron chi connectivity index (χ3n) is 2.20. The third kappa shape index (κ3) is 3.81. The lowest BCUT2D eigenvalue weighted by atomic mass is 10.1. The molecule has 0 spiro atoms. The number of hydrogen-bond acceptors (Lipinski definition) is 1. The molecule has 0 aliphatic carbocycles. The van der Waals surface area contributed by atoms with Crippen LogP contribution in [0.15, 0.2) is 22.7 Å². The maximum atomic E-state index is 3.55. The molecule has 1 aromatic rings. The molecule has 0 unspecified atom stereocenters. The van der Waals surface area contributed by atoms with Crippen molar-refractivity contribution in [2.24, 2.45) is 0 Å². The maximum absolute atomic E-state index is 3.55. The fourth-order valence-electron chi connectivity index (χ4n) is 1.30. The first-order valence-corrected chi connectivity index (χ1v) is 5.87. The highest BCUT2D eigenvalue weighted by Gasteiger charge is 1.98. The Morgan fingerprint density at radius 1 is 1.36 bits per heavy atom. The summed E-state index contributed by atoms with van der Waals surface area (Å²) >= 11 is 3.55. The maximum Gasteiger partial charge on any atom is 0.0207 e. The molecular weight excluding hydrogens is 238 g/mol. The molecule has 0 radical (unpaired) electrons. The summed E-state index contributed by atoms with van der Waals surface area (Å²) in [6, 6.07) is 7.14. The number of hydrogen-bond donors (Lipinski definition) is 1. The van der Waals surface area contributed by atoms with Gasteiger partial charge in [0.25, 0.3) is 0 Å². The summed E-state index contributed by atoms with van der Waals surface area (Å²) < 4.78 is 1.21. The van der Waals surface area contributed by atoms with Crippen molar-refractivity contribution < 1.29 is 0 Å². The van der Waals surface area contributed by atoms with E-state index in [0.717, 1.165) is 13.0 Å². The van der Waals surface area contributed by atoms with Crippen molar-refractivity contribution in [3.8, 4) is 0 Å². The van der Waals surface area contributed by atoms with Crippen molar-refractivity contribution in [1.29, 1.82) is 0 Å². The van der Waals surface area contributed by atoms with E-state index in [1.165, 1.54) is 15.6 Å². The third-order valence-corrected chi connectivity index (χ3v) is 3.06. The molecule has 1 aromatic carbocycles. The van der Waals surface area contributed by atoms with Crippen LogP contribution in [0.5, 0.6) is 0 Å². The van der Waals surface area contributed by atoms with Crippen molar-refractivity contribution in [3.63, 3.8) is 0 Å². The highest BCUT2D eigenvalue weighted by molar-refractivity contribution is 9.10.